The van der Waals surface area contributed by atoms with E-state index in [1.165, 1.54) is 11.1 Å². The summed E-state index contributed by atoms with van der Waals surface area (Å²) < 4.78 is 0. The van der Waals surface area contributed by atoms with E-state index in [2.05, 4.69) is 48.4 Å². The van der Waals surface area contributed by atoms with Crippen molar-refractivity contribution in [2.75, 3.05) is 6.54 Å². The lowest BCUT2D eigenvalue weighted by molar-refractivity contribution is 0.615. The highest BCUT2D eigenvalue weighted by Gasteiger charge is 2.14. The van der Waals surface area contributed by atoms with Crippen molar-refractivity contribution in [3.05, 3.63) is 64.4 Å². The highest BCUT2D eigenvalue weighted by Crippen LogP contribution is 2.22. The van der Waals surface area contributed by atoms with E-state index in [0.717, 1.165) is 25.1 Å². The molecule has 1 unspecified atom stereocenters. The number of nitrogens with zero attached hydrogens (tertiary/aromatic N) is 1. The summed E-state index contributed by atoms with van der Waals surface area (Å²) in [4.78, 5) is 4.45. The summed E-state index contributed by atoms with van der Waals surface area (Å²) in [5, 5.41) is 4.17. The molecule has 20 heavy (non-hydrogen) atoms. The summed E-state index contributed by atoms with van der Waals surface area (Å²) >= 11 is 5.92. The summed E-state index contributed by atoms with van der Waals surface area (Å²) in [5.41, 5.74) is 3.64. The molecule has 0 aliphatic rings. The standard InChI is InChI=1S/C17H21ClN2/c1-3-6-13-7-5-8-14(11-13)17(19-4-2)16-10-9-15(18)12-20-16/h5,7-12,17,19H,3-4,6H2,1-2H3. The molecule has 1 heterocycles. The number of aryl methyl sites for hydroxylation is 1. The molecule has 2 nitrogen and oxygen atoms in total. The van der Waals surface area contributed by atoms with Crippen LogP contribution in [0.25, 0.3) is 0 Å². The predicted molar refractivity (Wildman–Crippen MR) is 85.2 cm³/mol. The molecule has 1 aromatic heterocycles. The molecule has 2 aromatic rings. The normalized spacial score (nSPS) is 12.3. The average molecular weight is 289 g/mol. The Bertz CT molecular complexity index is 537. The topological polar surface area (TPSA) is 24.9 Å². The van der Waals surface area contributed by atoms with E-state index in [9.17, 15) is 0 Å². The third-order valence-corrected chi connectivity index (χ3v) is 3.50. The van der Waals surface area contributed by atoms with Crippen molar-refractivity contribution >= 4 is 11.6 Å². The predicted octanol–water partition coefficient (Wildman–Crippen LogP) is 4.39. The smallest absolute Gasteiger partial charge is 0.0751 e. The fraction of sp³-hybridized carbons (Fsp3) is 0.353. The van der Waals surface area contributed by atoms with Gasteiger partial charge in [-0.3, -0.25) is 4.98 Å². The highest BCUT2D eigenvalue weighted by molar-refractivity contribution is 6.30. The minimum absolute atomic E-state index is 0.120. The monoisotopic (exact) mass is 288 g/mol. The number of nitrogens with one attached hydrogen (secondary N) is 1. The summed E-state index contributed by atoms with van der Waals surface area (Å²) in [6.45, 7) is 5.21. The maximum absolute atomic E-state index is 5.92. The number of halogens is 1. The Hall–Kier alpha value is -1.38. The van der Waals surface area contributed by atoms with Gasteiger partial charge >= 0.3 is 0 Å². The molecule has 0 aliphatic carbocycles. The fourth-order valence-corrected chi connectivity index (χ4v) is 2.48. The molecule has 3 heteroatoms. The Labute approximate surface area is 126 Å². The van der Waals surface area contributed by atoms with E-state index < -0.39 is 0 Å². The quantitative estimate of drug-likeness (QED) is 0.853. The van der Waals surface area contributed by atoms with Gasteiger partial charge < -0.3 is 5.32 Å². The van der Waals surface area contributed by atoms with Gasteiger partial charge in [0.05, 0.1) is 16.8 Å². The number of hydrogen-bond donors (Lipinski definition) is 1. The zero-order valence-corrected chi connectivity index (χ0v) is 12.8. The van der Waals surface area contributed by atoms with Crippen molar-refractivity contribution < 1.29 is 0 Å². The van der Waals surface area contributed by atoms with Gasteiger partial charge in [0.1, 0.15) is 0 Å². The zero-order valence-electron chi connectivity index (χ0n) is 12.1. The van der Waals surface area contributed by atoms with Gasteiger partial charge in [0, 0.05) is 6.20 Å². The van der Waals surface area contributed by atoms with Crippen LogP contribution in [-0.4, -0.2) is 11.5 Å². The van der Waals surface area contributed by atoms with Crippen LogP contribution in [-0.2, 0) is 6.42 Å². The molecule has 2 rings (SSSR count). The van der Waals surface area contributed by atoms with Crippen LogP contribution in [0.15, 0.2) is 42.6 Å². The maximum atomic E-state index is 5.92. The van der Waals surface area contributed by atoms with E-state index in [1.54, 1.807) is 6.20 Å². The molecule has 1 atom stereocenters. The second-order valence-electron chi connectivity index (χ2n) is 4.89. The summed E-state index contributed by atoms with van der Waals surface area (Å²) in [6, 6.07) is 12.7. The van der Waals surface area contributed by atoms with Gasteiger partial charge in [-0.2, -0.15) is 0 Å². The molecule has 1 aromatic carbocycles. The second kappa shape index (κ2) is 7.41. The molecular weight excluding hydrogens is 268 g/mol. The second-order valence-corrected chi connectivity index (χ2v) is 5.32. The van der Waals surface area contributed by atoms with Gasteiger partial charge in [-0.15, -0.1) is 0 Å². The number of pyridine rings is 1. The lowest BCUT2D eigenvalue weighted by Gasteiger charge is -2.18. The van der Waals surface area contributed by atoms with E-state index in [4.69, 9.17) is 11.6 Å². The molecule has 0 saturated carbocycles. The third-order valence-electron chi connectivity index (χ3n) is 3.28. The molecule has 106 valence electrons. The Kier molecular flexibility index (Phi) is 5.57. The molecule has 0 bridgehead atoms. The molecule has 0 radical (unpaired) electrons. The first-order valence-electron chi connectivity index (χ1n) is 7.18. The summed E-state index contributed by atoms with van der Waals surface area (Å²) in [7, 11) is 0. The number of rotatable bonds is 6. The first-order chi connectivity index (χ1) is 9.74. The summed E-state index contributed by atoms with van der Waals surface area (Å²) in [6.07, 6.45) is 3.98. The maximum Gasteiger partial charge on any atom is 0.0751 e. The van der Waals surface area contributed by atoms with Crippen molar-refractivity contribution in [1.82, 2.24) is 10.3 Å². The van der Waals surface area contributed by atoms with Gasteiger partial charge in [0.25, 0.3) is 0 Å². The molecule has 0 saturated heterocycles. The first-order valence-corrected chi connectivity index (χ1v) is 7.56. The molecule has 0 fully saturated rings. The van der Waals surface area contributed by atoms with Gasteiger partial charge in [-0.05, 0) is 36.2 Å². The molecular formula is C17H21ClN2. The van der Waals surface area contributed by atoms with E-state index >= 15 is 0 Å². The van der Waals surface area contributed by atoms with Crippen LogP contribution in [0.1, 0.15) is 43.1 Å². The average Bonchev–Trinajstić information content (AvgIpc) is 2.47. The van der Waals surface area contributed by atoms with Crippen molar-refractivity contribution in [1.29, 1.82) is 0 Å². The fourth-order valence-electron chi connectivity index (χ4n) is 2.37. The van der Waals surface area contributed by atoms with Crippen molar-refractivity contribution in [2.24, 2.45) is 0 Å². The Morgan fingerprint density at radius 2 is 2.05 bits per heavy atom. The van der Waals surface area contributed by atoms with Crippen molar-refractivity contribution in [3.8, 4) is 0 Å². The van der Waals surface area contributed by atoms with Crippen LogP contribution < -0.4 is 5.32 Å². The largest absolute Gasteiger partial charge is 0.305 e. The van der Waals surface area contributed by atoms with E-state index in [1.807, 2.05) is 12.1 Å². The van der Waals surface area contributed by atoms with Crippen LogP contribution in [0.3, 0.4) is 0 Å². The molecule has 0 aliphatic heterocycles. The third kappa shape index (κ3) is 3.81. The van der Waals surface area contributed by atoms with Gasteiger partial charge in [0.2, 0.25) is 0 Å². The molecule has 0 spiro atoms. The van der Waals surface area contributed by atoms with Crippen molar-refractivity contribution in [2.45, 2.75) is 32.7 Å². The van der Waals surface area contributed by atoms with Gasteiger partial charge in [0.15, 0.2) is 0 Å². The number of benzene rings is 1. The van der Waals surface area contributed by atoms with Gasteiger partial charge in [-0.1, -0.05) is 56.1 Å². The minimum Gasteiger partial charge on any atom is -0.305 e. The lowest BCUT2D eigenvalue weighted by atomic mass is 9.99. The van der Waals surface area contributed by atoms with Crippen LogP contribution in [0.5, 0.6) is 0 Å². The van der Waals surface area contributed by atoms with Crippen LogP contribution in [0.4, 0.5) is 0 Å². The van der Waals surface area contributed by atoms with Crippen LogP contribution in [0, 0.1) is 0 Å². The Morgan fingerprint density at radius 1 is 1.20 bits per heavy atom. The molecule has 1 N–H and O–H groups in total. The first kappa shape index (κ1) is 15.0. The highest BCUT2D eigenvalue weighted by atomic mass is 35.5. The Balaban J connectivity index is 2.32. The zero-order chi connectivity index (χ0) is 14.4. The van der Waals surface area contributed by atoms with E-state index in [-0.39, 0.29) is 6.04 Å². The SMILES string of the molecule is CCCc1cccc(C(NCC)c2ccc(Cl)cn2)c1. The van der Waals surface area contributed by atoms with Crippen molar-refractivity contribution in [3.63, 3.8) is 0 Å². The lowest BCUT2D eigenvalue weighted by Crippen LogP contribution is -2.23. The van der Waals surface area contributed by atoms with Crippen LogP contribution in [0.2, 0.25) is 5.02 Å². The number of hydrogen-bond acceptors (Lipinski definition) is 2. The summed E-state index contributed by atoms with van der Waals surface area (Å²) in [5.74, 6) is 0. The Morgan fingerprint density at radius 3 is 2.70 bits per heavy atom. The molecule has 0 amide bonds. The van der Waals surface area contributed by atoms with Gasteiger partial charge in [-0.25, -0.2) is 0 Å². The van der Waals surface area contributed by atoms with E-state index in [0.29, 0.717) is 5.02 Å². The number of aromatic nitrogens is 1. The van der Waals surface area contributed by atoms with Crippen LogP contribution >= 0.6 is 11.6 Å². The minimum atomic E-state index is 0.120.